The van der Waals surface area contributed by atoms with Crippen LogP contribution in [0.2, 0.25) is 0 Å². The van der Waals surface area contributed by atoms with Gasteiger partial charge in [-0.1, -0.05) is 81.4 Å². The zero-order chi connectivity index (χ0) is 27.5. The van der Waals surface area contributed by atoms with Gasteiger partial charge in [-0.05, 0) is 34.4 Å². The number of aromatic nitrogens is 6. The summed E-state index contributed by atoms with van der Waals surface area (Å²) in [5.41, 5.74) is 1.52. The number of carbonyl (C=O) groups excluding carboxylic acids is 1. The van der Waals surface area contributed by atoms with Crippen LogP contribution in [0.15, 0.2) is 73.2 Å². The molecule has 10 heteroatoms. The van der Waals surface area contributed by atoms with Crippen molar-refractivity contribution in [2.45, 2.75) is 51.9 Å². The Hall–Kier alpha value is -3.89. The van der Waals surface area contributed by atoms with Crippen molar-refractivity contribution < 1.29 is 9.90 Å². The Labute approximate surface area is 228 Å². The third-order valence-corrected chi connectivity index (χ3v) is 7.14. The number of benzene rings is 2. The van der Waals surface area contributed by atoms with Crippen LogP contribution >= 0.6 is 0 Å². The molecule has 204 valence electrons. The van der Waals surface area contributed by atoms with Gasteiger partial charge in [0.15, 0.2) is 0 Å². The maximum absolute atomic E-state index is 14.0. The number of hydrogen-bond acceptors (Lipinski definition) is 7. The summed E-state index contributed by atoms with van der Waals surface area (Å²) < 4.78 is 3.56. The summed E-state index contributed by atoms with van der Waals surface area (Å²) in [4.78, 5) is 20.9. The molecule has 1 aliphatic heterocycles. The lowest BCUT2D eigenvalue weighted by Gasteiger charge is -2.42. The van der Waals surface area contributed by atoms with E-state index < -0.39 is 17.1 Å². The van der Waals surface area contributed by atoms with Crippen molar-refractivity contribution in [3.8, 4) is 11.3 Å². The first kappa shape index (κ1) is 26.7. The normalized spacial score (nSPS) is 18.3. The fraction of sp³-hybridized carbons (Fsp3) is 0.414. The number of β-amino-alcohol motifs (C(OH)–C–C–N with tert-alkyl or cyclic N) is 1. The molecule has 39 heavy (non-hydrogen) atoms. The summed E-state index contributed by atoms with van der Waals surface area (Å²) in [7, 11) is 0. The van der Waals surface area contributed by atoms with Gasteiger partial charge in [0.2, 0.25) is 5.91 Å². The Balaban J connectivity index is 1.62. The van der Waals surface area contributed by atoms with Gasteiger partial charge in [-0.25, -0.2) is 9.67 Å². The van der Waals surface area contributed by atoms with Gasteiger partial charge in [-0.2, -0.15) is 0 Å². The third-order valence-electron chi connectivity index (χ3n) is 7.14. The molecular weight excluding hydrogens is 492 g/mol. The van der Waals surface area contributed by atoms with Crippen molar-refractivity contribution in [3.63, 3.8) is 0 Å². The minimum absolute atomic E-state index is 0.0337. The summed E-state index contributed by atoms with van der Waals surface area (Å²) in [6, 6.07) is 19.8. The van der Waals surface area contributed by atoms with Crippen LogP contribution in [-0.4, -0.2) is 70.9 Å². The second kappa shape index (κ2) is 11.1. The van der Waals surface area contributed by atoms with Crippen LogP contribution < -0.4 is 5.32 Å². The lowest BCUT2D eigenvalue weighted by Crippen LogP contribution is -2.52. The molecule has 0 aliphatic carbocycles. The molecule has 0 radical (unpaired) electrons. The standard InChI is InChI=1S/C29H36N8O2/c1-28(2,3)26(37(20-29(39)14-15-30-19-29)25(38)18-36-21-31-33-34-36)27-32-24(23-12-8-5-9-13-23)17-35(27)16-22-10-6-4-7-11-22/h4-13,17,21,26,30,39H,14-16,18-20H2,1-3H3/t26-,29+/m0/s1. The van der Waals surface area contributed by atoms with Gasteiger partial charge in [0.05, 0.1) is 23.9 Å². The number of imidazole rings is 1. The molecule has 2 atom stereocenters. The molecule has 1 saturated heterocycles. The van der Waals surface area contributed by atoms with E-state index in [2.05, 4.69) is 64.5 Å². The van der Waals surface area contributed by atoms with Crippen LogP contribution in [0.5, 0.6) is 0 Å². The minimum Gasteiger partial charge on any atom is -0.387 e. The molecule has 4 aromatic rings. The van der Waals surface area contributed by atoms with E-state index in [1.807, 2.05) is 48.5 Å². The first-order chi connectivity index (χ1) is 18.7. The highest BCUT2D eigenvalue weighted by Crippen LogP contribution is 2.40. The molecule has 5 rings (SSSR count). The van der Waals surface area contributed by atoms with Crippen LogP contribution in [0.3, 0.4) is 0 Å². The lowest BCUT2D eigenvalue weighted by molar-refractivity contribution is -0.142. The third kappa shape index (κ3) is 6.23. The second-order valence-corrected chi connectivity index (χ2v) is 11.4. The molecule has 10 nitrogen and oxygen atoms in total. The monoisotopic (exact) mass is 528 g/mol. The molecule has 0 unspecified atom stereocenters. The van der Waals surface area contributed by atoms with Crippen molar-refractivity contribution in [3.05, 3.63) is 84.6 Å². The first-order valence-electron chi connectivity index (χ1n) is 13.3. The lowest BCUT2D eigenvalue weighted by atomic mass is 9.83. The molecule has 1 aliphatic rings. The van der Waals surface area contributed by atoms with Gasteiger partial charge in [0.1, 0.15) is 18.7 Å². The molecular formula is C29H36N8O2. The van der Waals surface area contributed by atoms with Crippen LogP contribution in [0.1, 0.15) is 44.6 Å². The summed E-state index contributed by atoms with van der Waals surface area (Å²) in [6.45, 7) is 8.18. The van der Waals surface area contributed by atoms with E-state index in [0.717, 1.165) is 22.6 Å². The number of nitrogens with zero attached hydrogens (tertiary/aromatic N) is 7. The van der Waals surface area contributed by atoms with Crippen molar-refractivity contribution in [2.24, 2.45) is 5.41 Å². The molecule has 1 fully saturated rings. The van der Waals surface area contributed by atoms with Crippen LogP contribution in [-0.2, 0) is 17.9 Å². The van der Waals surface area contributed by atoms with Gasteiger partial charge in [0.25, 0.3) is 0 Å². The Kier molecular flexibility index (Phi) is 7.58. The van der Waals surface area contributed by atoms with E-state index in [1.165, 1.54) is 11.0 Å². The smallest absolute Gasteiger partial charge is 0.245 e. The topological polar surface area (TPSA) is 114 Å². The van der Waals surface area contributed by atoms with Crippen molar-refractivity contribution in [2.75, 3.05) is 19.6 Å². The maximum atomic E-state index is 14.0. The molecule has 3 heterocycles. The quantitative estimate of drug-likeness (QED) is 0.343. The van der Waals surface area contributed by atoms with Gasteiger partial charge in [-0.3, -0.25) is 4.79 Å². The van der Waals surface area contributed by atoms with E-state index >= 15 is 0 Å². The predicted molar refractivity (Wildman–Crippen MR) is 147 cm³/mol. The largest absolute Gasteiger partial charge is 0.387 e. The van der Waals surface area contributed by atoms with Gasteiger partial charge >= 0.3 is 0 Å². The van der Waals surface area contributed by atoms with E-state index in [-0.39, 0.29) is 19.0 Å². The summed E-state index contributed by atoms with van der Waals surface area (Å²) in [6.07, 6.45) is 4.05. The van der Waals surface area contributed by atoms with Crippen molar-refractivity contribution in [1.82, 2.24) is 40.0 Å². The van der Waals surface area contributed by atoms with Gasteiger partial charge in [0, 0.05) is 24.8 Å². The van der Waals surface area contributed by atoms with Gasteiger partial charge < -0.3 is 19.9 Å². The second-order valence-electron chi connectivity index (χ2n) is 11.4. The first-order valence-corrected chi connectivity index (χ1v) is 13.3. The zero-order valence-electron chi connectivity index (χ0n) is 22.7. The number of nitrogens with one attached hydrogen (secondary N) is 1. The van der Waals surface area contributed by atoms with E-state index in [0.29, 0.717) is 26.1 Å². The summed E-state index contributed by atoms with van der Waals surface area (Å²) in [5, 5.41) is 26.0. The molecule has 0 bridgehead atoms. The number of amides is 1. The number of aliphatic hydroxyl groups is 1. The SMILES string of the molecule is CC(C)(C)[C@H](c1nc(-c2ccccc2)cn1Cc1ccccc1)N(C[C@@]1(O)CCNC1)C(=O)Cn1cnnn1. The Morgan fingerprint density at radius 2 is 1.85 bits per heavy atom. The highest BCUT2D eigenvalue weighted by Gasteiger charge is 2.43. The predicted octanol–water partition coefficient (Wildman–Crippen LogP) is 2.93. The highest BCUT2D eigenvalue weighted by atomic mass is 16.3. The number of rotatable bonds is 9. The molecule has 0 spiro atoms. The van der Waals surface area contributed by atoms with Gasteiger partial charge in [-0.15, -0.1) is 5.10 Å². The summed E-state index contributed by atoms with van der Waals surface area (Å²) >= 11 is 0. The fourth-order valence-corrected chi connectivity index (χ4v) is 5.29. The Bertz CT molecular complexity index is 1360. The number of tetrazole rings is 1. The number of hydrogen-bond donors (Lipinski definition) is 2. The number of carbonyl (C=O) groups is 1. The molecule has 2 N–H and O–H groups in total. The summed E-state index contributed by atoms with van der Waals surface area (Å²) in [5.74, 6) is 0.586. The zero-order valence-corrected chi connectivity index (χ0v) is 22.7. The van der Waals surface area contributed by atoms with E-state index in [4.69, 9.17) is 4.98 Å². The van der Waals surface area contributed by atoms with Crippen LogP contribution in [0.4, 0.5) is 0 Å². The average Bonchev–Trinajstić information content (AvgIpc) is 3.67. The van der Waals surface area contributed by atoms with Crippen molar-refractivity contribution in [1.29, 1.82) is 0 Å². The molecule has 1 amide bonds. The highest BCUT2D eigenvalue weighted by molar-refractivity contribution is 5.76. The Morgan fingerprint density at radius 3 is 2.46 bits per heavy atom. The molecule has 2 aromatic heterocycles. The van der Waals surface area contributed by atoms with E-state index in [1.54, 1.807) is 4.90 Å². The maximum Gasteiger partial charge on any atom is 0.245 e. The Morgan fingerprint density at radius 1 is 1.13 bits per heavy atom. The van der Waals surface area contributed by atoms with Crippen molar-refractivity contribution >= 4 is 5.91 Å². The minimum atomic E-state index is -1.04. The van der Waals surface area contributed by atoms with Crippen LogP contribution in [0, 0.1) is 5.41 Å². The average molecular weight is 529 g/mol. The fourth-order valence-electron chi connectivity index (χ4n) is 5.29. The van der Waals surface area contributed by atoms with E-state index in [9.17, 15) is 9.90 Å². The van der Waals surface area contributed by atoms with Crippen LogP contribution in [0.25, 0.3) is 11.3 Å². The molecule has 0 saturated carbocycles. The molecule has 2 aromatic carbocycles.